The van der Waals surface area contributed by atoms with Gasteiger partial charge in [0.2, 0.25) is 0 Å². The predicted molar refractivity (Wildman–Crippen MR) is 74.5 cm³/mol. The molecule has 0 amide bonds. The minimum atomic E-state index is -0.993. The first-order valence-electron chi connectivity index (χ1n) is 5.81. The number of hydrogen-bond acceptors (Lipinski definition) is 4. The third kappa shape index (κ3) is 3.54. The van der Waals surface area contributed by atoms with E-state index in [1.807, 2.05) is 6.07 Å². The smallest absolute Gasteiger partial charge is 0.339 e. The quantitative estimate of drug-likeness (QED) is 0.685. The number of carboxylic acids is 1. The zero-order valence-electron chi connectivity index (χ0n) is 10.8. The standard InChI is InChI=1S/C14H14N2O2S/c1-9-4-3-5-11(6-9)8-19-14-15-7-12(13(17)18)10(2)16-14/h3-7H,8H2,1-2H3,(H,17,18). The average Bonchev–Trinajstić information content (AvgIpc) is 2.36. The van der Waals surface area contributed by atoms with Crippen molar-refractivity contribution in [2.45, 2.75) is 24.8 Å². The first-order valence-corrected chi connectivity index (χ1v) is 6.80. The summed E-state index contributed by atoms with van der Waals surface area (Å²) in [5.74, 6) is -0.221. The minimum absolute atomic E-state index is 0.153. The van der Waals surface area contributed by atoms with Gasteiger partial charge in [0.15, 0.2) is 5.16 Å². The second kappa shape index (κ2) is 5.84. The normalized spacial score (nSPS) is 10.4. The van der Waals surface area contributed by atoms with Crippen molar-refractivity contribution in [3.8, 4) is 0 Å². The highest BCUT2D eigenvalue weighted by molar-refractivity contribution is 7.98. The number of nitrogens with zero attached hydrogens (tertiary/aromatic N) is 2. The van der Waals surface area contributed by atoms with E-state index in [9.17, 15) is 4.79 Å². The van der Waals surface area contributed by atoms with Crippen LogP contribution in [0.5, 0.6) is 0 Å². The Morgan fingerprint density at radius 3 is 2.79 bits per heavy atom. The number of rotatable bonds is 4. The highest BCUT2D eigenvalue weighted by Gasteiger charge is 2.10. The summed E-state index contributed by atoms with van der Waals surface area (Å²) in [5.41, 5.74) is 3.07. The van der Waals surface area contributed by atoms with Crippen LogP contribution in [-0.4, -0.2) is 21.0 Å². The summed E-state index contributed by atoms with van der Waals surface area (Å²) in [6.07, 6.45) is 1.36. The van der Waals surface area contributed by atoms with Crippen LogP contribution < -0.4 is 0 Å². The lowest BCUT2D eigenvalue weighted by Gasteiger charge is -2.04. The summed E-state index contributed by atoms with van der Waals surface area (Å²) in [6, 6.07) is 8.24. The molecule has 0 aliphatic heterocycles. The monoisotopic (exact) mass is 274 g/mol. The highest BCUT2D eigenvalue weighted by Crippen LogP contribution is 2.20. The van der Waals surface area contributed by atoms with Gasteiger partial charge in [-0.3, -0.25) is 0 Å². The Morgan fingerprint density at radius 2 is 2.16 bits per heavy atom. The fraction of sp³-hybridized carbons (Fsp3) is 0.214. The molecule has 0 spiro atoms. The fourth-order valence-electron chi connectivity index (χ4n) is 1.68. The molecule has 0 aliphatic carbocycles. The molecule has 0 atom stereocenters. The molecule has 1 aromatic heterocycles. The lowest BCUT2D eigenvalue weighted by molar-refractivity contribution is 0.0695. The first-order chi connectivity index (χ1) is 9.06. The van der Waals surface area contributed by atoms with Crippen LogP contribution in [0.2, 0.25) is 0 Å². The number of carboxylic acid groups (broad SMARTS) is 1. The molecule has 1 N–H and O–H groups in total. The number of hydrogen-bond donors (Lipinski definition) is 1. The average molecular weight is 274 g/mol. The van der Waals surface area contributed by atoms with Crippen LogP contribution in [0.25, 0.3) is 0 Å². The fourth-order valence-corrected chi connectivity index (χ4v) is 2.48. The van der Waals surface area contributed by atoms with Crippen molar-refractivity contribution in [3.63, 3.8) is 0 Å². The van der Waals surface area contributed by atoms with E-state index in [2.05, 4.69) is 35.1 Å². The van der Waals surface area contributed by atoms with E-state index in [1.54, 1.807) is 6.92 Å². The molecule has 4 nitrogen and oxygen atoms in total. The molecule has 1 aromatic carbocycles. The second-order valence-electron chi connectivity index (χ2n) is 4.23. The van der Waals surface area contributed by atoms with Crippen molar-refractivity contribution >= 4 is 17.7 Å². The number of aromatic nitrogens is 2. The van der Waals surface area contributed by atoms with Gasteiger partial charge in [0.05, 0.1) is 11.3 Å². The van der Waals surface area contributed by atoms with Gasteiger partial charge in [-0.05, 0) is 19.4 Å². The maximum absolute atomic E-state index is 10.9. The molecular weight excluding hydrogens is 260 g/mol. The molecule has 0 saturated carbocycles. The molecule has 2 aromatic rings. The van der Waals surface area contributed by atoms with Crippen molar-refractivity contribution in [3.05, 3.63) is 52.8 Å². The lowest BCUT2D eigenvalue weighted by atomic mass is 10.2. The van der Waals surface area contributed by atoms with Gasteiger partial charge >= 0.3 is 5.97 Å². The number of thioether (sulfide) groups is 1. The topological polar surface area (TPSA) is 63.1 Å². The van der Waals surface area contributed by atoms with Crippen LogP contribution >= 0.6 is 11.8 Å². The zero-order valence-corrected chi connectivity index (χ0v) is 11.6. The van der Waals surface area contributed by atoms with E-state index >= 15 is 0 Å². The van der Waals surface area contributed by atoms with Gasteiger partial charge in [0, 0.05) is 11.9 Å². The number of benzene rings is 1. The summed E-state index contributed by atoms with van der Waals surface area (Å²) in [4.78, 5) is 19.1. The Balaban J connectivity index is 2.08. The van der Waals surface area contributed by atoms with Crippen molar-refractivity contribution < 1.29 is 9.90 Å². The van der Waals surface area contributed by atoms with E-state index in [1.165, 1.54) is 29.1 Å². The van der Waals surface area contributed by atoms with Gasteiger partial charge in [-0.15, -0.1) is 0 Å². The molecule has 0 aliphatic rings. The van der Waals surface area contributed by atoms with Crippen LogP contribution in [0, 0.1) is 13.8 Å². The molecule has 0 fully saturated rings. The van der Waals surface area contributed by atoms with Crippen LogP contribution in [-0.2, 0) is 5.75 Å². The summed E-state index contributed by atoms with van der Waals surface area (Å²) < 4.78 is 0. The van der Waals surface area contributed by atoms with Gasteiger partial charge in [-0.2, -0.15) is 0 Å². The van der Waals surface area contributed by atoms with E-state index in [4.69, 9.17) is 5.11 Å². The van der Waals surface area contributed by atoms with Crippen LogP contribution in [0.4, 0.5) is 0 Å². The molecule has 5 heteroatoms. The molecule has 1 heterocycles. The van der Waals surface area contributed by atoms with E-state index in [0.717, 1.165) is 5.75 Å². The van der Waals surface area contributed by atoms with Crippen molar-refractivity contribution in [1.82, 2.24) is 9.97 Å². The molecular formula is C14H14N2O2S. The summed E-state index contributed by atoms with van der Waals surface area (Å²) in [5, 5.41) is 9.51. The summed E-state index contributed by atoms with van der Waals surface area (Å²) in [7, 11) is 0. The third-order valence-corrected chi connectivity index (χ3v) is 3.57. The molecule has 19 heavy (non-hydrogen) atoms. The van der Waals surface area contributed by atoms with Crippen LogP contribution in [0.3, 0.4) is 0 Å². The molecule has 98 valence electrons. The van der Waals surface area contributed by atoms with E-state index in [0.29, 0.717) is 10.9 Å². The maximum Gasteiger partial charge on any atom is 0.339 e. The molecule has 0 unspecified atom stereocenters. The Bertz CT molecular complexity index is 614. The largest absolute Gasteiger partial charge is 0.478 e. The minimum Gasteiger partial charge on any atom is -0.478 e. The number of aromatic carboxylic acids is 1. The Hall–Kier alpha value is -1.88. The molecule has 0 radical (unpaired) electrons. The summed E-state index contributed by atoms with van der Waals surface area (Å²) in [6.45, 7) is 3.73. The third-order valence-electron chi connectivity index (χ3n) is 2.64. The lowest BCUT2D eigenvalue weighted by Crippen LogP contribution is -2.03. The van der Waals surface area contributed by atoms with Crippen molar-refractivity contribution in [2.75, 3.05) is 0 Å². The molecule has 0 saturated heterocycles. The Labute approximate surface area is 115 Å². The molecule has 2 rings (SSSR count). The van der Waals surface area contributed by atoms with E-state index in [-0.39, 0.29) is 5.56 Å². The van der Waals surface area contributed by atoms with Crippen LogP contribution in [0.1, 0.15) is 27.2 Å². The van der Waals surface area contributed by atoms with Gasteiger partial charge < -0.3 is 5.11 Å². The predicted octanol–water partition coefficient (Wildman–Crippen LogP) is 3.08. The van der Waals surface area contributed by atoms with Gasteiger partial charge in [0.25, 0.3) is 0 Å². The van der Waals surface area contributed by atoms with Crippen molar-refractivity contribution in [1.29, 1.82) is 0 Å². The van der Waals surface area contributed by atoms with Crippen molar-refractivity contribution in [2.24, 2.45) is 0 Å². The number of aryl methyl sites for hydroxylation is 2. The van der Waals surface area contributed by atoms with E-state index < -0.39 is 5.97 Å². The second-order valence-corrected chi connectivity index (χ2v) is 5.18. The Morgan fingerprint density at radius 1 is 1.37 bits per heavy atom. The molecule has 0 bridgehead atoms. The van der Waals surface area contributed by atoms with Gasteiger partial charge in [0.1, 0.15) is 0 Å². The number of carbonyl (C=O) groups is 1. The van der Waals surface area contributed by atoms with Gasteiger partial charge in [-0.1, -0.05) is 41.6 Å². The SMILES string of the molecule is Cc1cccc(CSc2ncc(C(=O)O)c(C)n2)c1. The summed E-state index contributed by atoms with van der Waals surface area (Å²) >= 11 is 1.50. The maximum atomic E-state index is 10.9. The first kappa shape index (κ1) is 13.5. The zero-order chi connectivity index (χ0) is 13.8. The van der Waals surface area contributed by atoms with Crippen LogP contribution in [0.15, 0.2) is 35.6 Å². The van der Waals surface area contributed by atoms with Gasteiger partial charge in [-0.25, -0.2) is 14.8 Å². The highest BCUT2D eigenvalue weighted by atomic mass is 32.2. The Kier molecular flexibility index (Phi) is 4.16.